The lowest BCUT2D eigenvalue weighted by Crippen LogP contribution is -2.35. The summed E-state index contributed by atoms with van der Waals surface area (Å²) in [6.07, 6.45) is 7.42. The molecule has 1 unspecified atom stereocenters. The lowest BCUT2D eigenvalue weighted by atomic mass is 9.97. The highest BCUT2D eigenvalue weighted by Crippen LogP contribution is 2.32. The molecule has 120 valence electrons. The first-order chi connectivity index (χ1) is 11.1. The summed E-state index contributed by atoms with van der Waals surface area (Å²) in [7, 11) is 2.01. The molecule has 1 fully saturated rings. The van der Waals surface area contributed by atoms with Gasteiger partial charge in [-0.25, -0.2) is 19.3 Å². The third kappa shape index (κ3) is 2.37. The van der Waals surface area contributed by atoms with Crippen molar-refractivity contribution in [2.45, 2.75) is 18.8 Å². The van der Waals surface area contributed by atoms with Crippen LogP contribution < -0.4 is 4.90 Å². The molecule has 0 bridgehead atoms. The van der Waals surface area contributed by atoms with Gasteiger partial charge in [0.05, 0.1) is 0 Å². The van der Waals surface area contributed by atoms with Crippen LogP contribution >= 0.6 is 11.3 Å². The predicted molar refractivity (Wildman–Crippen MR) is 85.2 cm³/mol. The van der Waals surface area contributed by atoms with E-state index in [1.807, 2.05) is 19.4 Å². The van der Waals surface area contributed by atoms with Crippen LogP contribution in [0.4, 0.5) is 5.13 Å². The number of fused-ring (bicyclic) bond motifs is 1. The van der Waals surface area contributed by atoms with E-state index in [1.54, 1.807) is 4.52 Å². The Morgan fingerprint density at radius 2 is 2.30 bits per heavy atom. The van der Waals surface area contributed by atoms with Crippen molar-refractivity contribution < 1.29 is 9.90 Å². The molecule has 0 radical (unpaired) electrons. The van der Waals surface area contributed by atoms with Gasteiger partial charge in [-0.2, -0.15) is 0 Å². The van der Waals surface area contributed by atoms with Crippen LogP contribution in [0.3, 0.4) is 0 Å². The fourth-order valence-corrected chi connectivity index (χ4v) is 4.12. The number of rotatable bonds is 3. The number of aromatic carboxylic acids is 1. The second kappa shape index (κ2) is 5.34. The number of hydrogen-bond donors (Lipinski definition) is 1. The van der Waals surface area contributed by atoms with Gasteiger partial charge in [0.1, 0.15) is 12.2 Å². The van der Waals surface area contributed by atoms with Crippen LogP contribution in [-0.2, 0) is 7.05 Å². The van der Waals surface area contributed by atoms with Crippen LogP contribution in [0.1, 0.15) is 35.1 Å². The largest absolute Gasteiger partial charge is 0.476 e. The van der Waals surface area contributed by atoms with E-state index >= 15 is 0 Å². The van der Waals surface area contributed by atoms with Crippen molar-refractivity contribution in [2.75, 3.05) is 18.0 Å². The summed E-state index contributed by atoms with van der Waals surface area (Å²) < 4.78 is 3.61. The second-order valence-electron chi connectivity index (χ2n) is 5.71. The third-order valence-corrected chi connectivity index (χ3v) is 5.30. The van der Waals surface area contributed by atoms with Crippen LogP contribution in [0.2, 0.25) is 0 Å². The Kier molecular flexibility index (Phi) is 3.29. The van der Waals surface area contributed by atoms with E-state index in [4.69, 9.17) is 5.11 Å². The number of aromatic nitrogens is 5. The fourth-order valence-electron chi connectivity index (χ4n) is 3.10. The van der Waals surface area contributed by atoms with Crippen molar-refractivity contribution >= 4 is 27.3 Å². The standard InChI is InChI=1S/C14H16N6O2S/c1-18-6-4-15-11(18)9-3-2-5-19(7-9)14-17-20-8-16-10(13(21)22)12(20)23-14/h4,6,8-9H,2-3,5,7H2,1H3,(H,21,22). The first-order valence-corrected chi connectivity index (χ1v) is 8.25. The number of hydrogen-bond acceptors (Lipinski definition) is 6. The smallest absolute Gasteiger partial charge is 0.357 e. The number of piperidine rings is 1. The fraction of sp³-hybridized carbons (Fsp3) is 0.429. The van der Waals surface area contributed by atoms with Gasteiger partial charge in [-0.05, 0) is 12.8 Å². The molecule has 8 nitrogen and oxygen atoms in total. The summed E-state index contributed by atoms with van der Waals surface area (Å²) in [6.45, 7) is 1.77. The van der Waals surface area contributed by atoms with Crippen molar-refractivity contribution in [1.29, 1.82) is 0 Å². The molecular weight excluding hydrogens is 316 g/mol. The molecule has 1 saturated heterocycles. The zero-order valence-electron chi connectivity index (χ0n) is 12.6. The van der Waals surface area contributed by atoms with Crippen LogP contribution in [0, 0.1) is 0 Å². The van der Waals surface area contributed by atoms with E-state index in [-0.39, 0.29) is 5.69 Å². The van der Waals surface area contributed by atoms with E-state index in [2.05, 4.69) is 24.5 Å². The zero-order chi connectivity index (χ0) is 16.0. The van der Waals surface area contributed by atoms with Gasteiger partial charge in [-0.3, -0.25) is 0 Å². The highest BCUT2D eigenvalue weighted by Gasteiger charge is 2.27. The SMILES string of the molecule is Cn1ccnc1C1CCCN(c2nn3cnc(C(=O)O)c3s2)C1. The van der Waals surface area contributed by atoms with Crippen LogP contribution in [-0.4, -0.2) is 48.3 Å². The second-order valence-corrected chi connectivity index (χ2v) is 6.67. The third-order valence-electron chi connectivity index (χ3n) is 4.21. The highest BCUT2D eigenvalue weighted by molar-refractivity contribution is 7.21. The molecule has 0 aliphatic carbocycles. The number of carboxylic acids is 1. The zero-order valence-corrected chi connectivity index (χ0v) is 13.4. The molecule has 1 aliphatic rings. The molecule has 4 heterocycles. The van der Waals surface area contributed by atoms with Crippen molar-refractivity contribution in [2.24, 2.45) is 7.05 Å². The lowest BCUT2D eigenvalue weighted by Gasteiger charge is -2.31. The molecular formula is C14H16N6O2S. The molecule has 4 rings (SSSR count). The highest BCUT2D eigenvalue weighted by atomic mass is 32.1. The van der Waals surface area contributed by atoms with Gasteiger partial charge >= 0.3 is 5.97 Å². The first-order valence-electron chi connectivity index (χ1n) is 7.43. The number of carboxylic acid groups (broad SMARTS) is 1. The van der Waals surface area contributed by atoms with Crippen molar-refractivity contribution in [3.8, 4) is 0 Å². The summed E-state index contributed by atoms with van der Waals surface area (Å²) in [6, 6.07) is 0. The Hall–Kier alpha value is -2.42. The Morgan fingerprint density at radius 1 is 1.43 bits per heavy atom. The van der Waals surface area contributed by atoms with Crippen molar-refractivity contribution in [3.05, 3.63) is 30.2 Å². The molecule has 1 N–H and O–H groups in total. The molecule has 23 heavy (non-hydrogen) atoms. The quantitative estimate of drug-likeness (QED) is 0.784. The number of carbonyl (C=O) groups is 1. The van der Waals surface area contributed by atoms with Crippen LogP contribution in [0.15, 0.2) is 18.7 Å². The van der Waals surface area contributed by atoms with E-state index in [1.165, 1.54) is 17.7 Å². The first kappa shape index (κ1) is 14.2. The molecule has 3 aromatic heterocycles. The van der Waals surface area contributed by atoms with E-state index in [0.29, 0.717) is 10.7 Å². The summed E-state index contributed by atoms with van der Waals surface area (Å²) in [5, 5.41) is 14.5. The van der Waals surface area contributed by atoms with Crippen LogP contribution in [0.5, 0.6) is 0 Å². The average Bonchev–Trinajstić information content (AvgIpc) is 3.21. The van der Waals surface area contributed by atoms with Gasteiger partial charge in [-0.1, -0.05) is 11.3 Å². The summed E-state index contributed by atoms with van der Waals surface area (Å²) >= 11 is 1.38. The maximum Gasteiger partial charge on any atom is 0.357 e. The molecule has 3 aromatic rings. The number of aryl methyl sites for hydroxylation is 1. The monoisotopic (exact) mass is 332 g/mol. The molecule has 0 saturated carbocycles. The van der Waals surface area contributed by atoms with E-state index in [9.17, 15) is 4.79 Å². The number of anilines is 1. The maximum atomic E-state index is 11.2. The van der Waals surface area contributed by atoms with Gasteiger partial charge in [0.2, 0.25) is 5.13 Å². The van der Waals surface area contributed by atoms with Crippen molar-refractivity contribution in [1.82, 2.24) is 24.1 Å². The molecule has 1 aliphatic heterocycles. The van der Waals surface area contributed by atoms with Gasteiger partial charge in [0, 0.05) is 38.4 Å². The molecule has 1 atom stereocenters. The Labute approximate surface area is 136 Å². The van der Waals surface area contributed by atoms with Gasteiger partial charge < -0.3 is 14.6 Å². The Balaban J connectivity index is 1.62. The lowest BCUT2D eigenvalue weighted by molar-refractivity contribution is 0.0693. The topological polar surface area (TPSA) is 88.5 Å². The van der Waals surface area contributed by atoms with E-state index in [0.717, 1.165) is 36.9 Å². The molecule has 0 amide bonds. The molecule has 0 spiro atoms. The summed E-state index contributed by atoms with van der Waals surface area (Å²) in [5.74, 6) is 0.433. The number of nitrogens with zero attached hydrogens (tertiary/aromatic N) is 6. The molecule has 0 aromatic carbocycles. The Bertz CT molecular complexity index is 866. The maximum absolute atomic E-state index is 11.2. The summed E-state index contributed by atoms with van der Waals surface area (Å²) in [5.41, 5.74) is 0.0615. The van der Waals surface area contributed by atoms with Gasteiger partial charge in [0.25, 0.3) is 0 Å². The van der Waals surface area contributed by atoms with Gasteiger partial charge in [0.15, 0.2) is 10.5 Å². The Morgan fingerprint density at radius 3 is 3.04 bits per heavy atom. The molecule has 9 heteroatoms. The summed E-state index contributed by atoms with van der Waals surface area (Å²) in [4.78, 5) is 22.3. The minimum absolute atomic E-state index is 0.0615. The van der Waals surface area contributed by atoms with E-state index < -0.39 is 5.97 Å². The van der Waals surface area contributed by atoms with Crippen molar-refractivity contribution in [3.63, 3.8) is 0 Å². The number of imidazole rings is 2. The minimum Gasteiger partial charge on any atom is -0.476 e. The minimum atomic E-state index is -1.02. The van der Waals surface area contributed by atoms with Crippen LogP contribution in [0.25, 0.3) is 4.83 Å². The van der Waals surface area contributed by atoms with Gasteiger partial charge in [-0.15, -0.1) is 5.10 Å². The normalized spacial score (nSPS) is 18.7. The average molecular weight is 332 g/mol. The predicted octanol–water partition coefficient (Wildman–Crippen LogP) is 1.61.